The summed E-state index contributed by atoms with van der Waals surface area (Å²) in [5.41, 5.74) is 1.56. The van der Waals surface area contributed by atoms with E-state index in [0.717, 1.165) is 35.1 Å². The van der Waals surface area contributed by atoms with Crippen LogP contribution in [0.1, 0.15) is 30.6 Å². The van der Waals surface area contributed by atoms with E-state index in [1.807, 2.05) is 25.1 Å². The van der Waals surface area contributed by atoms with Crippen LogP contribution in [0.4, 0.5) is 0 Å². The summed E-state index contributed by atoms with van der Waals surface area (Å²) in [6, 6.07) is 5.91. The Bertz CT molecular complexity index is 649. The molecule has 4 heteroatoms. The highest BCUT2D eigenvalue weighted by Crippen LogP contribution is 2.52. The molecule has 0 amide bonds. The van der Waals surface area contributed by atoms with Crippen LogP contribution in [0.15, 0.2) is 22.6 Å². The molecular weight excluding hydrogens is 244 g/mol. The van der Waals surface area contributed by atoms with E-state index in [1.165, 1.54) is 0 Å². The maximum atomic E-state index is 11.0. The monoisotopic (exact) mass is 260 g/mol. The average Bonchev–Trinajstić information content (AvgIpc) is 3.01. The van der Waals surface area contributed by atoms with Gasteiger partial charge in [-0.05, 0) is 43.5 Å². The van der Waals surface area contributed by atoms with Crippen LogP contribution in [0.25, 0.3) is 11.0 Å². The smallest absolute Gasteiger partial charge is 0.304 e. The van der Waals surface area contributed by atoms with Crippen molar-refractivity contribution in [2.45, 2.75) is 31.6 Å². The van der Waals surface area contributed by atoms with Crippen LogP contribution >= 0.6 is 0 Å². The number of hydrogen-bond donors (Lipinski definition) is 1. The molecule has 1 heterocycles. The van der Waals surface area contributed by atoms with E-state index in [1.54, 1.807) is 7.11 Å². The van der Waals surface area contributed by atoms with Gasteiger partial charge in [-0.15, -0.1) is 0 Å². The topological polar surface area (TPSA) is 59.7 Å². The SMILES string of the molecule is COc1cc(C2(CC(=O)O)CC2)cc2cc(C)oc12. The zero-order valence-corrected chi connectivity index (χ0v) is 11.0. The van der Waals surface area contributed by atoms with Crippen LogP contribution in [0.2, 0.25) is 0 Å². The second-order valence-corrected chi connectivity index (χ2v) is 5.30. The van der Waals surface area contributed by atoms with Gasteiger partial charge in [-0.25, -0.2) is 0 Å². The first-order chi connectivity index (χ1) is 9.04. The maximum Gasteiger partial charge on any atom is 0.304 e. The Balaban J connectivity index is 2.12. The lowest BCUT2D eigenvalue weighted by Crippen LogP contribution is -2.13. The molecule has 1 N–H and O–H groups in total. The van der Waals surface area contributed by atoms with Crippen molar-refractivity contribution in [3.8, 4) is 5.75 Å². The van der Waals surface area contributed by atoms with Crippen LogP contribution in [0.5, 0.6) is 5.75 Å². The Morgan fingerprint density at radius 1 is 1.42 bits per heavy atom. The van der Waals surface area contributed by atoms with Crippen LogP contribution in [-0.2, 0) is 10.2 Å². The Morgan fingerprint density at radius 2 is 2.16 bits per heavy atom. The lowest BCUT2D eigenvalue weighted by molar-refractivity contribution is -0.137. The third kappa shape index (κ3) is 1.97. The first-order valence-electron chi connectivity index (χ1n) is 6.34. The van der Waals surface area contributed by atoms with Gasteiger partial charge in [-0.1, -0.05) is 0 Å². The number of rotatable bonds is 4. The molecule has 1 aliphatic carbocycles. The molecule has 0 bridgehead atoms. The van der Waals surface area contributed by atoms with Gasteiger partial charge < -0.3 is 14.3 Å². The van der Waals surface area contributed by atoms with E-state index < -0.39 is 5.97 Å². The third-order valence-corrected chi connectivity index (χ3v) is 3.88. The zero-order chi connectivity index (χ0) is 13.6. The van der Waals surface area contributed by atoms with Crippen LogP contribution in [-0.4, -0.2) is 18.2 Å². The second-order valence-electron chi connectivity index (χ2n) is 5.30. The molecule has 1 aliphatic rings. The molecule has 4 nitrogen and oxygen atoms in total. The van der Waals surface area contributed by atoms with Gasteiger partial charge in [0.15, 0.2) is 11.3 Å². The first kappa shape index (κ1) is 12.1. The summed E-state index contributed by atoms with van der Waals surface area (Å²) in [4.78, 5) is 11.0. The minimum Gasteiger partial charge on any atom is -0.493 e. The van der Waals surface area contributed by atoms with E-state index in [4.69, 9.17) is 14.3 Å². The molecule has 1 saturated carbocycles. The molecule has 0 unspecified atom stereocenters. The molecule has 3 rings (SSSR count). The summed E-state index contributed by atoms with van der Waals surface area (Å²) < 4.78 is 11.0. The first-order valence-corrected chi connectivity index (χ1v) is 6.34. The predicted octanol–water partition coefficient (Wildman–Crippen LogP) is 3.26. The highest BCUT2D eigenvalue weighted by molar-refractivity contribution is 5.85. The van der Waals surface area contributed by atoms with Gasteiger partial charge in [0, 0.05) is 10.8 Å². The number of methoxy groups -OCH3 is 1. The Kier molecular flexibility index (Phi) is 2.55. The zero-order valence-electron chi connectivity index (χ0n) is 11.0. The van der Waals surface area contributed by atoms with Crippen molar-refractivity contribution in [3.63, 3.8) is 0 Å². The molecule has 100 valence electrons. The fourth-order valence-corrected chi connectivity index (χ4v) is 2.72. The van der Waals surface area contributed by atoms with Crippen molar-refractivity contribution in [1.29, 1.82) is 0 Å². The summed E-state index contributed by atoms with van der Waals surface area (Å²) in [6.45, 7) is 1.89. The van der Waals surface area contributed by atoms with Crippen molar-refractivity contribution in [1.82, 2.24) is 0 Å². The van der Waals surface area contributed by atoms with Gasteiger partial charge >= 0.3 is 5.97 Å². The number of fused-ring (bicyclic) bond motifs is 1. The van der Waals surface area contributed by atoms with Crippen molar-refractivity contribution in [2.24, 2.45) is 0 Å². The normalized spacial score (nSPS) is 16.5. The highest BCUT2D eigenvalue weighted by atomic mass is 16.5. The summed E-state index contributed by atoms with van der Waals surface area (Å²) >= 11 is 0. The third-order valence-electron chi connectivity index (χ3n) is 3.88. The summed E-state index contributed by atoms with van der Waals surface area (Å²) in [6.07, 6.45) is 2.02. The molecular formula is C15H16O4. The minimum atomic E-state index is -0.750. The van der Waals surface area contributed by atoms with Crippen molar-refractivity contribution < 1.29 is 19.1 Å². The minimum absolute atomic E-state index is 0.179. The van der Waals surface area contributed by atoms with Crippen molar-refractivity contribution in [3.05, 3.63) is 29.5 Å². The lowest BCUT2D eigenvalue weighted by Gasteiger charge is -2.14. The van der Waals surface area contributed by atoms with Gasteiger partial charge in [0.1, 0.15) is 5.76 Å². The van der Waals surface area contributed by atoms with Gasteiger partial charge in [0.25, 0.3) is 0 Å². The van der Waals surface area contributed by atoms with Gasteiger partial charge in [0.2, 0.25) is 0 Å². The number of carboxylic acid groups (broad SMARTS) is 1. The fourth-order valence-electron chi connectivity index (χ4n) is 2.72. The number of aliphatic carboxylic acids is 1. The molecule has 0 atom stereocenters. The Labute approximate surface area is 111 Å². The van der Waals surface area contributed by atoms with E-state index in [0.29, 0.717) is 5.75 Å². The quantitative estimate of drug-likeness (QED) is 0.916. The van der Waals surface area contributed by atoms with Crippen molar-refractivity contribution in [2.75, 3.05) is 7.11 Å². The summed E-state index contributed by atoms with van der Waals surface area (Å²) in [5, 5.41) is 10.0. The van der Waals surface area contributed by atoms with Crippen LogP contribution < -0.4 is 4.74 Å². The van der Waals surface area contributed by atoms with Crippen LogP contribution in [0, 0.1) is 6.92 Å². The molecule has 1 fully saturated rings. The van der Waals surface area contributed by atoms with Gasteiger partial charge in [0.05, 0.1) is 13.5 Å². The molecule has 0 radical (unpaired) electrons. The number of carbonyl (C=O) groups is 1. The largest absolute Gasteiger partial charge is 0.493 e. The van der Waals surface area contributed by atoms with Gasteiger partial charge in [-0.3, -0.25) is 4.79 Å². The van der Waals surface area contributed by atoms with E-state index in [-0.39, 0.29) is 11.8 Å². The summed E-state index contributed by atoms with van der Waals surface area (Å²) in [7, 11) is 1.60. The second kappa shape index (κ2) is 4.02. The molecule has 1 aromatic heterocycles. The molecule has 19 heavy (non-hydrogen) atoms. The summed E-state index contributed by atoms with van der Waals surface area (Å²) in [5.74, 6) is 0.755. The predicted molar refractivity (Wildman–Crippen MR) is 70.7 cm³/mol. The number of benzene rings is 1. The lowest BCUT2D eigenvalue weighted by atomic mass is 9.91. The maximum absolute atomic E-state index is 11.0. The average molecular weight is 260 g/mol. The molecule has 2 aromatic rings. The number of furan rings is 1. The highest BCUT2D eigenvalue weighted by Gasteiger charge is 2.46. The number of hydrogen-bond acceptors (Lipinski definition) is 3. The number of aryl methyl sites for hydroxylation is 1. The van der Waals surface area contributed by atoms with E-state index in [9.17, 15) is 4.79 Å². The Morgan fingerprint density at radius 3 is 2.74 bits per heavy atom. The molecule has 0 aliphatic heterocycles. The Hall–Kier alpha value is -1.97. The standard InChI is InChI=1S/C15H16O4/c1-9-5-10-6-11(7-12(18-2)14(10)19-9)15(3-4-15)8-13(16)17/h5-7H,3-4,8H2,1-2H3,(H,16,17). The number of ether oxygens (including phenoxy) is 1. The fraction of sp³-hybridized carbons (Fsp3) is 0.400. The van der Waals surface area contributed by atoms with Crippen LogP contribution in [0.3, 0.4) is 0 Å². The van der Waals surface area contributed by atoms with Crippen molar-refractivity contribution >= 4 is 16.9 Å². The van der Waals surface area contributed by atoms with Gasteiger partial charge in [-0.2, -0.15) is 0 Å². The molecule has 0 spiro atoms. The number of carboxylic acids is 1. The molecule has 1 aromatic carbocycles. The molecule has 0 saturated heterocycles. The van der Waals surface area contributed by atoms with E-state index >= 15 is 0 Å². The van der Waals surface area contributed by atoms with E-state index in [2.05, 4.69) is 0 Å².